The summed E-state index contributed by atoms with van der Waals surface area (Å²) in [4.78, 5) is 15.4. The molecule has 1 aromatic carbocycles. The highest BCUT2D eigenvalue weighted by Crippen LogP contribution is 2.11. The molecular weight excluding hydrogens is 274 g/mol. The lowest BCUT2D eigenvalue weighted by Gasteiger charge is -2.19. The van der Waals surface area contributed by atoms with Gasteiger partial charge in [-0.3, -0.25) is 9.69 Å². The van der Waals surface area contributed by atoms with Crippen LogP contribution in [0.3, 0.4) is 0 Å². The third-order valence-electron chi connectivity index (χ3n) is 2.78. The van der Waals surface area contributed by atoms with E-state index >= 15 is 0 Å². The highest BCUT2D eigenvalue weighted by atomic mass is 32.1. The van der Waals surface area contributed by atoms with Crippen molar-refractivity contribution in [3.63, 3.8) is 0 Å². The monoisotopic (exact) mass is 295 g/mol. The Hall–Kier alpha value is -1.66. The fourth-order valence-corrected chi connectivity index (χ4v) is 1.62. The van der Waals surface area contributed by atoms with Crippen molar-refractivity contribution >= 4 is 23.1 Å². The lowest BCUT2D eigenvalue weighted by Crippen LogP contribution is -2.36. The molecule has 1 rings (SSSR count). The predicted molar refractivity (Wildman–Crippen MR) is 84.0 cm³/mol. The number of rotatable bonds is 7. The largest absolute Gasteiger partial charge is 0.492 e. The molecule has 0 aliphatic rings. The summed E-state index contributed by atoms with van der Waals surface area (Å²) in [7, 11) is 5.38. The van der Waals surface area contributed by atoms with E-state index < -0.39 is 0 Å². The molecule has 1 amide bonds. The molecule has 6 heteroatoms. The van der Waals surface area contributed by atoms with E-state index in [-0.39, 0.29) is 5.91 Å². The smallest absolute Gasteiger partial charge is 0.236 e. The van der Waals surface area contributed by atoms with Crippen LogP contribution in [0.5, 0.6) is 5.75 Å². The molecule has 110 valence electrons. The van der Waals surface area contributed by atoms with Crippen LogP contribution in [0, 0.1) is 0 Å². The maximum atomic E-state index is 11.5. The summed E-state index contributed by atoms with van der Waals surface area (Å²) in [5.41, 5.74) is 6.34. The quantitative estimate of drug-likeness (QED) is 0.751. The van der Waals surface area contributed by atoms with Gasteiger partial charge in [-0.2, -0.15) is 0 Å². The van der Waals surface area contributed by atoms with Crippen LogP contribution < -0.4 is 10.5 Å². The Morgan fingerprint density at radius 2 is 1.85 bits per heavy atom. The number of nitrogens with two attached hydrogens (primary N) is 1. The minimum absolute atomic E-state index is 0.0771. The summed E-state index contributed by atoms with van der Waals surface area (Å²) in [5.74, 6) is 0.839. The maximum absolute atomic E-state index is 11.5. The van der Waals surface area contributed by atoms with E-state index in [1.807, 2.05) is 36.2 Å². The van der Waals surface area contributed by atoms with Gasteiger partial charge in [-0.15, -0.1) is 0 Å². The van der Waals surface area contributed by atoms with E-state index in [4.69, 9.17) is 22.7 Å². The number of amides is 1. The summed E-state index contributed by atoms with van der Waals surface area (Å²) in [5, 5.41) is 0. The third-order valence-corrected chi connectivity index (χ3v) is 3.02. The molecule has 0 saturated heterocycles. The van der Waals surface area contributed by atoms with Crippen LogP contribution in [0.2, 0.25) is 0 Å². The van der Waals surface area contributed by atoms with Gasteiger partial charge in [0.1, 0.15) is 17.3 Å². The topological polar surface area (TPSA) is 58.8 Å². The second kappa shape index (κ2) is 7.81. The fourth-order valence-electron chi connectivity index (χ4n) is 1.49. The fraction of sp³-hybridized carbons (Fsp3) is 0.429. The van der Waals surface area contributed by atoms with Gasteiger partial charge in [-0.25, -0.2) is 0 Å². The minimum atomic E-state index is 0.0771. The van der Waals surface area contributed by atoms with Crippen LogP contribution in [-0.4, -0.2) is 61.5 Å². The Balaban J connectivity index is 2.33. The van der Waals surface area contributed by atoms with E-state index in [1.165, 1.54) is 0 Å². The second-order valence-electron chi connectivity index (χ2n) is 4.76. The Morgan fingerprint density at radius 3 is 2.35 bits per heavy atom. The standard InChI is InChI=1S/C14H21N3O2S/c1-16(2)13(18)10-17(3)8-9-19-12-6-4-11(5-7-12)14(15)20/h4-7H,8-10H2,1-3H3,(H2,15,20). The molecule has 1 aromatic rings. The van der Waals surface area contributed by atoms with Gasteiger partial charge in [0, 0.05) is 26.2 Å². The molecule has 0 atom stereocenters. The number of thiocarbonyl (C=S) groups is 1. The van der Waals surface area contributed by atoms with Crippen LogP contribution >= 0.6 is 12.2 Å². The van der Waals surface area contributed by atoms with Gasteiger partial charge < -0.3 is 15.4 Å². The van der Waals surface area contributed by atoms with Crippen molar-refractivity contribution in [2.24, 2.45) is 5.73 Å². The average Bonchev–Trinajstić information content (AvgIpc) is 2.39. The molecule has 0 spiro atoms. The van der Waals surface area contributed by atoms with Crippen LogP contribution in [0.1, 0.15) is 5.56 Å². The van der Waals surface area contributed by atoms with E-state index in [0.717, 1.165) is 11.3 Å². The van der Waals surface area contributed by atoms with Crippen LogP contribution in [0.4, 0.5) is 0 Å². The van der Waals surface area contributed by atoms with Crippen molar-refractivity contribution in [2.45, 2.75) is 0 Å². The first-order valence-electron chi connectivity index (χ1n) is 6.31. The zero-order chi connectivity index (χ0) is 15.1. The molecule has 0 saturated carbocycles. The second-order valence-corrected chi connectivity index (χ2v) is 5.20. The predicted octanol–water partition coefficient (Wildman–Crippen LogP) is 0.720. The Kier molecular flexibility index (Phi) is 6.41. The molecule has 0 bridgehead atoms. The summed E-state index contributed by atoms with van der Waals surface area (Å²) >= 11 is 4.88. The normalized spacial score (nSPS) is 10.4. The first-order chi connectivity index (χ1) is 9.40. The van der Waals surface area contributed by atoms with E-state index in [2.05, 4.69) is 0 Å². The molecule has 5 nitrogen and oxygen atoms in total. The van der Waals surface area contributed by atoms with Gasteiger partial charge in [0.25, 0.3) is 0 Å². The van der Waals surface area contributed by atoms with Crippen molar-refractivity contribution in [3.05, 3.63) is 29.8 Å². The molecule has 0 aromatic heterocycles. The van der Waals surface area contributed by atoms with Gasteiger partial charge in [-0.05, 0) is 31.3 Å². The Morgan fingerprint density at radius 1 is 1.25 bits per heavy atom. The zero-order valence-corrected chi connectivity index (χ0v) is 12.9. The van der Waals surface area contributed by atoms with E-state index in [9.17, 15) is 4.79 Å². The number of ether oxygens (including phenoxy) is 1. The van der Waals surface area contributed by atoms with Gasteiger partial charge in [0.2, 0.25) is 5.91 Å². The van der Waals surface area contributed by atoms with Gasteiger partial charge in [-0.1, -0.05) is 12.2 Å². The Labute approximate surface area is 125 Å². The van der Waals surface area contributed by atoms with Crippen molar-refractivity contribution in [2.75, 3.05) is 40.8 Å². The van der Waals surface area contributed by atoms with Crippen molar-refractivity contribution in [1.82, 2.24) is 9.80 Å². The molecule has 2 N–H and O–H groups in total. The van der Waals surface area contributed by atoms with Crippen LogP contribution in [0.15, 0.2) is 24.3 Å². The van der Waals surface area contributed by atoms with Gasteiger partial charge in [0.05, 0.1) is 6.54 Å². The summed E-state index contributed by atoms with van der Waals surface area (Å²) in [6.07, 6.45) is 0. The number of benzene rings is 1. The maximum Gasteiger partial charge on any atom is 0.236 e. The number of carbonyl (C=O) groups is 1. The number of nitrogens with zero attached hydrogens (tertiary/aromatic N) is 2. The van der Waals surface area contributed by atoms with Gasteiger partial charge in [0.15, 0.2) is 0 Å². The third kappa shape index (κ3) is 5.54. The Bertz CT molecular complexity index is 460. The highest BCUT2D eigenvalue weighted by Gasteiger charge is 2.08. The zero-order valence-electron chi connectivity index (χ0n) is 12.1. The minimum Gasteiger partial charge on any atom is -0.492 e. The van der Waals surface area contributed by atoms with Gasteiger partial charge >= 0.3 is 0 Å². The van der Waals surface area contributed by atoms with Crippen molar-refractivity contribution in [3.8, 4) is 5.75 Å². The lowest BCUT2D eigenvalue weighted by atomic mass is 10.2. The summed E-state index contributed by atoms with van der Waals surface area (Å²) < 4.78 is 5.60. The highest BCUT2D eigenvalue weighted by molar-refractivity contribution is 7.80. The average molecular weight is 295 g/mol. The number of hydrogen-bond acceptors (Lipinski definition) is 4. The van der Waals surface area contributed by atoms with Crippen LogP contribution in [0.25, 0.3) is 0 Å². The first-order valence-corrected chi connectivity index (χ1v) is 6.72. The number of hydrogen-bond donors (Lipinski definition) is 1. The van der Waals surface area contributed by atoms with E-state index in [0.29, 0.717) is 24.7 Å². The molecule has 0 aliphatic heterocycles. The molecule has 0 radical (unpaired) electrons. The lowest BCUT2D eigenvalue weighted by molar-refractivity contribution is -0.129. The SMILES string of the molecule is CN(CCOc1ccc(C(N)=S)cc1)CC(=O)N(C)C. The molecule has 0 fully saturated rings. The number of likely N-dealkylation sites (N-methyl/N-ethyl adjacent to an activating group) is 2. The molecule has 20 heavy (non-hydrogen) atoms. The van der Waals surface area contributed by atoms with Crippen LogP contribution in [-0.2, 0) is 4.79 Å². The molecule has 0 heterocycles. The van der Waals surface area contributed by atoms with Crippen molar-refractivity contribution < 1.29 is 9.53 Å². The summed E-state index contributed by atoms with van der Waals surface area (Å²) in [6, 6.07) is 7.33. The molecule has 0 unspecified atom stereocenters. The summed E-state index contributed by atoms with van der Waals surface area (Å²) in [6.45, 7) is 1.58. The first kappa shape index (κ1) is 16.4. The molecular formula is C14H21N3O2S. The molecule has 0 aliphatic carbocycles. The van der Waals surface area contributed by atoms with E-state index in [1.54, 1.807) is 19.0 Å². The number of carbonyl (C=O) groups excluding carboxylic acids is 1. The van der Waals surface area contributed by atoms with Crippen molar-refractivity contribution in [1.29, 1.82) is 0 Å².